The molecule has 6 aliphatic rings. The molecule has 6 heterocycles. The van der Waals surface area contributed by atoms with Gasteiger partial charge >= 0.3 is 11.9 Å². The highest BCUT2D eigenvalue weighted by Gasteiger charge is 2.51. The SMILES string of the molecule is CO[C@H]1[C@@H](OC(C)CCCCC[C@@H](CCCCCCCCCCCCCCC[C@@H]2CC(=O)OC[C@H]3O[C@@H](O[C@H](CCCCCCCCCCCCCC(CCCCCC(C)O)O[C@H]4O[C@@H](CO)[C@H](O)[C@H](O)[C@H]4OC)CC(=O)OC[C@@H]4O[C@H](O2)[C@@H](O)[C@H](O)[C@@H]4O)[C@@H](O)[C@@H](O)[C@@H]3O)O[C@H]2O[C@@H](CO)[C@H](O)[C@H](O)[C@H]2OC)O[C@@H](CO)[C@H](O)[C@@H]1O. The van der Waals surface area contributed by atoms with Crippen LogP contribution in [0.15, 0.2) is 0 Å². The molecule has 0 aromatic carbocycles. The number of unbranched alkanes of at least 4 members (excludes halogenated alkanes) is 26. The summed E-state index contributed by atoms with van der Waals surface area (Å²) in [6.07, 6.45) is -3.24. The number of hydrogen-bond acceptors (Lipinski definition) is 33. The number of esters is 2. The molecule has 0 aliphatic carbocycles. The zero-order chi connectivity index (χ0) is 84.5. The van der Waals surface area contributed by atoms with Crippen LogP contribution in [0.2, 0.25) is 0 Å². The summed E-state index contributed by atoms with van der Waals surface area (Å²) >= 11 is 0. The normalized spacial score (nSPS) is 35.6. The molecule has 0 spiro atoms. The summed E-state index contributed by atoms with van der Waals surface area (Å²) in [5, 5.41) is 169. The summed E-state index contributed by atoms with van der Waals surface area (Å²) < 4.78 is 88.3. The number of rotatable bonds is 54. The lowest BCUT2D eigenvalue weighted by Gasteiger charge is -2.42. The van der Waals surface area contributed by atoms with Crippen LogP contribution in [-0.4, -0.2) is 338 Å². The van der Waals surface area contributed by atoms with E-state index in [9.17, 15) is 91.3 Å². The molecule has 0 radical (unpaired) electrons. The highest BCUT2D eigenvalue weighted by molar-refractivity contribution is 5.70. The quantitative estimate of drug-likeness (QED) is 0.0302. The molecular formula is C83H152O33. The highest BCUT2D eigenvalue weighted by Crippen LogP contribution is 2.34. The van der Waals surface area contributed by atoms with Crippen molar-refractivity contribution in [3.63, 3.8) is 0 Å². The first-order valence-electron chi connectivity index (χ1n) is 44.0. The van der Waals surface area contributed by atoms with Crippen molar-refractivity contribution < 1.29 is 162 Å². The van der Waals surface area contributed by atoms with E-state index < -0.39 is 211 Å². The average molecular weight is 1680 g/mol. The monoisotopic (exact) mass is 1680 g/mol. The summed E-state index contributed by atoms with van der Waals surface area (Å²) in [6, 6.07) is 0. The molecule has 16 N–H and O–H groups in total. The summed E-state index contributed by atoms with van der Waals surface area (Å²) in [5.74, 6) is -1.54. The second-order valence-electron chi connectivity index (χ2n) is 33.3. The summed E-state index contributed by atoms with van der Waals surface area (Å²) in [7, 11) is 4.22. The Bertz CT molecular complexity index is 2520. The first-order valence-corrected chi connectivity index (χ1v) is 44.0. The van der Waals surface area contributed by atoms with Crippen LogP contribution in [0.5, 0.6) is 0 Å². The number of hydrogen-bond donors (Lipinski definition) is 16. The summed E-state index contributed by atoms with van der Waals surface area (Å²) in [5.41, 5.74) is 0. The maximum absolute atomic E-state index is 13.6. The second kappa shape index (κ2) is 57.3. The molecule has 6 rings (SSSR count). The number of carbonyl (C=O) groups is 2. The summed E-state index contributed by atoms with van der Waals surface area (Å²) in [4.78, 5) is 27.2. The van der Waals surface area contributed by atoms with Crippen LogP contribution >= 0.6 is 0 Å². The number of carbonyl (C=O) groups excluding carboxylic acids is 2. The van der Waals surface area contributed by atoms with Crippen LogP contribution < -0.4 is 0 Å². The van der Waals surface area contributed by atoms with Gasteiger partial charge in [-0.05, 0) is 65.2 Å². The third-order valence-electron chi connectivity index (χ3n) is 23.8. The second-order valence-corrected chi connectivity index (χ2v) is 33.3. The molecule has 116 heavy (non-hydrogen) atoms. The molecule has 0 aromatic heterocycles. The van der Waals surface area contributed by atoms with E-state index in [1.165, 1.54) is 21.3 Å². The first kappa shape index (κ1) is 103. The largest absolute Gasteiger partial charge is 0.463 e. The van der Waals surface area contributed by atoms with Gasteiger partial charge < -0.3 is 153 Å². The maximum atomic E-state index is 13.6. The van der Waals surface area contributed by atoms with Crippen molar-refractivity contribution in [3.8, 4) is 0 Å². The van der Waals surface area contributed by atoms with Gasteiger partial charge in [0.1, 0.15) is 135 Å². The summed E-state index contributed by atoms with van der Waals surface area (Å²) in [6.45, 7) is 1.10. The topological polar surface area (TPSA) is 496 Å². The Labute approximate surface area is 686 Å². The number of cyclic esters (lactones) is 2. The number of methoxy groups -OCH3 is 3. The van der Waals surface area contributed by atoms with E-state index in [2.05, 4.69) is 0 Å². The van der Waals surface area contributed by atoms with Crippen LogP contribution in [0, 0.1) is 0 Å². The molecule has 6 aliphatic heterocycles. The van der Waals surface area contributed by atoms with Gasteiger partial charge in [0, 0.05) is 21.3 Å². The van der Waals surface area contributed by atoms with Crippen LogP contribution in [0.4, 0.5) is 0 Å². The minimum Gasteiger partial charge on any atom is -0.463 e. The van der Waals surface area contributed by atoms with Crippen LogP contribution in [-0.2, 0) is 80.6 Å². The minimum atomic E-state index is -1.77. The van der Waals surface area contributed by atoms with Crippen molar-refractivity contribution in [1.29, 1.82) is 0 Å². The molecule has 0 aromatic rings. The lowest BCUT2D eigenvalue weighted by Crippen LogP contribution is -2.60. The fourth-order valence-electron chi connectivity index (χ4n) is 16.5. The van der Waals surface area contributed by atoms with Crippen LogP contribution in [0.3, 0.4) is 0 Å². The van der Waals surface area contributed by atoms with Gasteiger partial charge in [-0.1, -0.05) is 193 Å². The van der Waals surface area contributed by atoms with E-state index in [0.29, 0.717) is 38.5 Å². The van der Waals surface area contributed by atoms with E-state index in [1.54, 1.807) is 6.92 Å². The first-order chi connectivity index (χ1) is 55.9. The van der Waals surface area contributed by atoms with Gasteiger partial charge in [-0.2, -0.15) is 0 Å². The Morgan fingerprint density at radius 1 is 0.319 bits per heavy atom. The predicted molar refractivity (Wildman–Crippen MR) is 417 cm³/mol. The molecule has 0 saturated carbocycles. The molecule has 33 heteroatoms. The molecule has 3 unspecified atom stereocenters. The van der Waals surface area contributed by atoms with E-state index in [-0.39, 0.29) is 37.3 Å². The van der Waals surface area contributed by atoms with Crippen molar-refractivity contribution in [1.82, 2.24) is 0 Å². The Morgan fingerprint density at radius 2 is 0.595 bits per heavy atom. The predicted octanol–water partition coefficient (Wildman–Crippen LogP) is 3.99. The molecule has 0 amide bonds. The van der Waals surface area contributed by atoms with Gasteiger partial charge in [-0.15, -0.1) is 0 Å². The van der Waals surface area contributed by atoms with E-state index in [4.69, 9.17) is 71.1 Å². The average Bonchev–Trinajstić information content (AvgIpc) is 0.834. The van der Waals surface area contributed by atoms with E-state index in [0.717, 1.165) is 205 Å². The van der Waals surface area contributed by atoms with Gasteiger partial charge in [0.15, 0.2) is 31.5 Å². The fraction of sp³-hybridized carbons (Fsp3) is 0.976. The smallest absolute Gasteiger partial charge is 0.308 e. The number of fused-ring (bicyclic) bond motifs is 4. The lowest BCUT2D eigenvalue weighted by atomic mass is 9.98. The molecule has 6 saturated heterocycles. The molecule has 4 bridgehead atoms. The standard InChI is InChI=1S/C83H152O33/c1-51(87)36-28-26-34-40-53(108-82-77(103-4)72(98)65(91)58(47-85)113-82)38-30-22-19-15-12-9-13-17-21-25-33-43-56-45-63(89)106-50-60-67(93)69(95)74(100)79(115-60)110-55(44-62(88)105-49-61-68(94)70(96)75(101)80(111-56)116-61)42-32-24-20-16-11-8-6-7-10-14-18-23-31-39-54(109-83-78(104-5)73(99)66(92)59(48-86)114-83)41-35-27-29-37-52(2)107-81-76(102-3)71(97)64(90)57(46-84)112-81/h51-61,64-87,90-101H,6-50H2,1-5H3/t51?,52?,53?,54-,55-,56-,57+,58+,59+,60+,61-,64+,65+,66+,67-,68-,69-,70+,71+,72+,73+,74+,75+,76-,77-,78-,79+,80-,81+,82+,83+/m1/s1. The molecule has 31 atom stereocenters. The molecule has 6 fully saturated rings. The number of aliphatic hydroxyl groups excluding tert-OH is 16. The Balaban J connectivity index is 0.871. The Kier molecular flexibility index (Phi) is 50.7. The van der Waals surface area contributed by atoms with E-state index in [1.807, 2.05) is 6.92 Å². The van der Waals surface area contributed by atoms with Gasteiger partial charge in [0.05, 0.1) is 69.3 Å². The van der Waals surface area contributed by atoms with Crippen LogP contribution in [0.25, 0.3) is 0 Å². The van der Waals surface area contributed by atoms with Crippen molar-refractivity contribution in [2.24, 2.45) is 0 Å². The maximum Gasteiger partial charge on any atom is 0.308 e. The molecular weight excluding hydrogens is 1520 g/mol. The number of ether oxygens (including phenoxy) is 15. The van der Waals surface area contributed by atoms with Crippen molar-refractivity contribution in [2.75, 3.05) is 54.4 Å². The minimum absolute atomic E-state index is 0.187. The van der Waals surface area contributed by atoms with Gasteiger partial charge in [0.2, 0.25) is 0 Å². The fourth-order valence-corrected chi connectivity index (χ4v) is 16.5. The van der Waals surface area contributed by atoms with E-state index >= 15 is 0 Å². The van der Waals surface area contributed by atoms with Crippen molar-refractivity contribution >= 4 is 11.9 Å². The van der Waals surface area contributed by atoms with Gasteiger partial charge in [-0.25, -0.2) is 0 Å². The third-order valence-corrected chi connectivity index (χ3v) is 23.8. The molecule has 682 valence electrons. The zero-order valence-corrected chi connectivity index (χ0v) is 69.8. The number of aliphatic hydroxyl groups is 16. The Hall–Kier alpha value is -2.22. The molecule has 33 nitrogen and oxygen atoms in total. The zero-order valence-electron chi connectivity index (χ0n) is 69.8. The van der Waals surface area contributed by atoms with Gasteiger partial charge in [0.25, 0.3) is 0 Å². The van der Waals surface area contributed by atoms with Crippen LogP contribution in [0.1, 0.15) is 271 Å². The van der Waals surface area contributed by atoms with Gasteiger partial charge in [-0.3, -0.25) is 9.59 Å². The third kappa shape index (κ3) is 35.1. The Morgan fingerprint density at radius 3 is 0.897 bits per heavy atom. The van der Waals surface area contributed by atoms with Crippen molar-refractivity contribution in [2.45, 2.75) is 461 Å². The highest BCUT2D eigenvalue weighted by atomic mass is 16.8. The lowest BCUT2D eigenvalue weighted by molar-refractivity contribution is -0.316. The van der Waals surface area contributed by atoms with Crippen molar-refractivity contribution in [3.05, 3.63) is 0 Å².